The van der Waals surface area contributed by atoms with Gasteiger partial charge in [-0.1, -0.05) is 81.8 Å². The van der Waals surface area contributed by atoms with E-state index in [-0.39, 0.29) is 17.7 Å². The van der Waals surface area contributed by atoms with Gasteiger partial charge in [-0.3, -0.25) is 9.59 Å². The fraction of sp³-hybridized carbons (Fsp3) is 0.500. The average molecular weight is 510 g/mol. The number of hydrogen-bond acceptors (Lipinski definition) is 4. The fourth-order valence-electron chi connectivity index (χ4n) is 4.05. The van der Waals surface area contributed by atoms with Crippen molar-refractivity contribution in [2.75, 3.05) is 6.54 Å². The SMILES string of the molecule is CCCCN(C(=O)C(NC(=O)OC(C)(C)C)C(C)C)C(C(=O)NCc1ccccc1)c1ccccc1C. The predicted octanol–water partition coefficient (Wildman–Crippen LogP) is 5.53. The van der Waals surface area contributed by atoms with Gasteiger partial charge in [0, 0.05) is 13.1 Å². The number of nitrogens with zero attached hydrogens (tertiary/aromatic N) is 1. The van der Waals surface area contributed by atoms with Gasteiger partial charge in [-0.05, 0) is 56.7 Å². The molecular weight excluding hydrogens is 466 g/mol. The lowest BCUT2D eigenvalue weighted by Gasteiger charge is -2.36. The molecule has 7 heteroatoms. The average Bonchev–Trinajstić information content (AvgIpc) is 2.83. The van der Waals surface area contributed by atoms with E-state index in [1.54, 1.807) is 25.7 Å². The highest BCUT2D eigenvalue weighted by atomic mass is 16.6. The molecule has 0 saturated heterocycles. The molecule has 0 bridgehead atoms. The van der Waals surface area contributed by atoms with Crippen LogP contribution in [-0.4, -0.2) is 41.0 Å². The second kappa shape index (κ2) is 13.8. The summed E-state index contributed by atoms with van der Waals surface area (Å²) in [6.45, 7) is 13.8. The largest absolute Gasteiger partial charge is 0.444 e. The van der Waals surface area contributed by atoms with Crippen molar-refractivity contribution in [3.63, 3.8) is 0 Å². The van der Waals surface area contributed by atoms with E-state index in [0.717, 1.165) is 29.5 Å². The Balaban J connectivity index is 2.45. The third-order valence-electron chi connectivity index (χ3n) is 5.99. The predicted molar refractivity (Wildman–Crippen MR) is 147 cm³/mol. The van der Waals surface area contributed by atoms with Crippen LogP contribution in [0.4, 0.5) is 4.79 Å². The van der Waals surface area contributed by atoms with Gasteiger partial charge in [0.05, 0.1) is 0 Å². The number of unbranched alkanes of at least 4 members (excludes halogenated alkanes) is 1. The van der Waals surface area contributed by atoms with E-state index in [0.29, 0.717) is 13.1 Å². The number of amides is 3. The number of hydrogen-bond donors (Lipinski definition) is 2. The van der Waals surface area contributed by atoms with Crippen molar-refractivity contribution in [3.05, 3.63) is 71.3 Å². The number of rotatable bonds is 11. The minimum atomic E-state index is -0.847. The number of nitrogens with one attached hydrogen (secondary N) is 2. The lowest BCUT2D eigenvalue weighted by molar-refractivity contribution is -0.143. The second-order valence-corrected chi connectivity index (χ2v) is 10.7. The maximum Gasteiger partial charge on any atom is 0.408 e. The van der Waals surface area contributed by atoms with E-state index in [2.05, 4.69) is 10.6 Å². The Bertz CT molecular complexity index is 1030. The van der Waals surface area contributed by atoms with Gasteiger partial charge in [0.15, 0.2) is 0 Å². The van der Waals surface area contributed by atoms with Crippen molar-refractivity contribution >= 4 is 17.9 Å². The van der Waals surface area contributed by atoms with Crippen LogP contribution >= 0.6 is 0 Å². The Hall–Kier alpha value is -3.35. The van der Waals surface area contributed by atoms with Crippen LogP contribution in [0.3, 0.4) is 0 Å². The third kappa shape index (κ3) is 9.23. The van der Waals surface area contributed by atoms with Gasteiger partial charge in [-0.15, -0.1) is 0 Å². The van der Waals surface area contributed by atoms with Crippen molar-refractivity contribution in [3.8, 4) is 0 Å². The van der Waals surface area contributed by atoms with Crippen molar-refractivity contribution < 1.29 is 19.1 Å². The summed E-state index contributed by atoms with van der Waals surface area (Å²) in [4.78, 5) is 42.1. The molecule has 0 radical (unpaired) electrons. The number of carbonyl (C=O) groups is 3. The van der Waals surface area contributed by atoms with Gasteiger partial charge in [0.25, 0.3) is 0 Å². The Kier molecular flexibility index (Phi) is 11.2. The highest BCUT2D eigenvalue weighted by Gasteiger charge is 2.37. The van der Waals surface area contributed by atoms with Crippen molar-refractivity contribution in [2.24, 2.45) is 5.92 Å². The van der Waals surface area contributed by atoms with Gasteiger partial charge >= 0.3 is 6.09 Å². The van der Waals surface area contributed by atoms with E-state index in [1.807, 2.05) is 82.3 Å². The normalized spacial score (nSPS) is 13.0. The van der Waals surface area contributed by atoms with E-state index in [4.69, 9.17) is 4.74 Å². The number of ether oxygens (including phenoxy) is 1. The molecule has 0 aliphatic carbocycles. The molecule has 7 nitrogen and oxygen atoms in total. The minimum absolute atomic E-state index is 0.214. The van der Waals surface area contributed by atoms with Gasteiger partial charge in [0.1, 0.15) is 17.7 Å². The zero-order valence-electron chi connectivity index (χ0n) is 23.3. The molecule has 0 saturated carbocycles. The number of alkyl carbamates (subject to hydrolysis) is 1. The summed E-state index contributed by atoms with van der Waals surface area (Å²) in [5, 5.41) is 5.80. The molecule has 0 aromatic heterocycles. The second-order valence-electron chi connectivity index (χ2n) is 10.7. The third-order valence-corrected chi connectivity index (χ3v) is 5.99. The Morgan fingerprint density at radius 1 is 0.973 bits per heavy atom. The molecule has 0 spiro atoms. The summed E-state index contributed by atoms with van der Waals surface area (Å²) < 4.78 is 5.43. The number of aryl methyl sites for hydroxylation is 1. The molecule has 202 valence electrons. The van der Waals surface area contributed by atoms with Crippen molar-refractivity contribution in [2.45, 2.75) is 85.5 Å². The molecule has 2 aromatic rings. The van der Waals surface area contributed by atoms with Crippen LogP contribution in [0.15, 0.2) is 54.6 Å². The van der Waals surface area contributed by atoms with Crippen LogP contribution in [0.1, 0.15) is 77.1 Å². The summed E-state index contributed by atoms with van der Waals surface area (Å²) in [6, 6.07) is 15.6. The lowest BCUT2D eigenvalue weighted by Crippen LogP contribution is -2.55. The Labute approximate surface area is 222 Å². The first-order valence-electron chi connectivity index (χ1n) is 13.1. The van der Waals surface area contributed by atoms with Gasteiger partial charge < -0.3 is 20.3 Å². The number of benzene rings is 2. The molecule has 37 heavy (non-hydrogen) atoms. The topological polar surface area (TPSA) is 87.7 Å². The van der Waals surface area contributed by atoms with Gasteiger partial charge in [-0.2, -0.15) is 0 Å². The monoisotopic (exact) mass is 509 g/mol. The van der Waals surface area contributed by atoms with Gasteiger partial charge in [-0.25, -0.2) is 4.79 Å². The molecule has 2 rings (SSSR count). The highest BCUT2D eigenvalue weighted by molar-refractivity contribution is 5.92. The van der Waals surface area contributed by atoms with E-state index in [9.17, 15) is 14.4 Å². The Morgan fingerprint density at radius 2 is 1.59 bits per heavy atom. The molecule has 2 atom stereocenters. The summed E-state index contributed by atoms with van der Waals surface area (Å²) in [6.07, 6.45) is 0.912. The fourth-order valence-corrected chi connectivity index (χ4v) is 4.05. The van der Waals surface area contributed by atoms with Crippen LogP contribution in [0, 0.1) is 12.8 Å². The molecule has 0 heterocycles. The van der Waals surface area contributed by atoms with Crippen LogP contribution < -0.4 is 10.6 Å². The van der Waals surface area contributed by atoms with E-state index >= 15 is 0 Å². The van der Waals surface area contributed by atoms with Crippen molar-refractivity contribution in [1.29, 1.82) is 0 Å². The zero-order chi connectivity index (χ0) is 27.6. The van der Waals surface area contributed by atoms with Crippen LogP contribution in [0.5, 0.6) is 0 Å². The van der Waals surface area contributed by atoms with Crippen molar-refractivity contribution in [1.82, 2.24) is 15.5 Å². The first-order chi connectivity index (χ1) is 17.4. The Morgan fingerprint density at radius 3 is 2.16 bits per heavy atom. The van der Waals surface area contributed by atoms with E-state index < -0.39 is 23.8 Å². The van der Waals surface area contributed by atoms with E-state index in [1.165, 1.54) is 0 Å². The summed E-state index contributed by atoms with van der Waals surface area (Å²) in [5.74, 6) is -0.783. The summed E-state index contributed by atoms with van der Waals surface area (Å²) in [7, 11) is 0. The summed E-state index contributed by atoms with van der Waals surface area (Å²) >= 11 is 0. The molecule has 0 fully saturated rings. The first kappa shape index (κ1) is 29.9. The maximum atomic E-state index is 14.1. The molecule has 2 unspecified atom stereocenters. The standard InChI is InChI=1S/C30H43N3O4/c1-8-9-19-33(28(35)25(21(2)3)32-29(36)37-30(5,6)7)26(24-18-14-13-15-22(24)4)27(34)31-20-23-16-11-10-12-17-23/h10-18,21,25-26H,8-9,19-20H2,1-7H3,(H,31,34)(H,32,36). The number of carbonyl (C=O) groups excluding carboxylic acids is 3. The van der Waals surface area contributed by atoms with Crippen LogP contribution in [0.25, 0.3) is 0 Å². The molecule has 2 aromatic carbocycles. The van der Waals surface area contributed by atoms with Crippen LogP contribution in [-0.2, 0) is 20.9 Å². The summed E-state index contributed by atoms with van der Waals surface area (Å²) in [5.41, 5.74) is 1.95. The quantitative estimate of drug-likeness (QED) is 0.417. The first-order valence-corrected chi connectivity index (χ1v) is 13.1. The molecular formula is C30H43N3O4. The molecule has 0 aliphatic heterocycles. The molecule has 3 amide bonds. The molecule has 2 N–H and O–H groups in total. The highest BCUT2D eigenvalue weighted by Crippen LogP contribution is 2.27. The van der Waals surface area contributed by atoms with Gasteiger partial charge in [0.2, 0.25) is 11.8 Å². The minimum Gasteiger partial charge on any atom is -0.444 e. The molecule has 0 aliphatic rings. The maximum absolute atomic E-state index is 14.1. The lowest BCUT2D eigenvalue weighted by atomic mass is 9.96. The zero-order valence-corrected chi connectivity index (χ0v) is 23.3. The van der Waals surface area contributed by atoms with Crippen LogP contribution in [0.2, 0.25) is 0 Å². The smallest absolute Gasteiger partial charge is 0.408 e.